The lowest BCUT2D eigenvalue weighted by molar-refractivity contribution is -0.136. The molecule has 4 rings (SSSR count). The van der Waals surface area contributed by atoms with E-state index < -0.39 is 16.0 Å². The van der Waals surface area contributed by atoms with Crippen LogP contribution >= 0.6 is 11.6 Å². The first-order chi connectivity index (χ1) is 15.6. The Bertz CT molecular complexity index is 1440. The maximum atomic E-state index is 13.6. The first-order valence-corrected chi connectivity index (χ1v) is 12.4. The number of halogens is 1. The van der Waals surface area contributed by atoms with Gasteiger partial charge in [0.05, 0.1) is 16.6 Å². The van der Waals surface area contributed by atoms with Crippen molar-refractivity contribution < 1.29 is 18.3 Å². The fourth-order valence-electron chi connectivity index (χ4n) is 3.81. The number of benzene rings is 2. The predicted octanol–water partition coefficient (Wildman–Crippen LogP) is 5.07. The second-order valence-corrected chi connectivity index (χ2v) is 10.6. The molecule has 172 valence electrons. The number of hydrogen-bond donors (Lipinski definition) is 1. The zero-order valence-corrected chi connectivity index (χ0v) is 19.8. The number of carboxylic acids is 1. The summed E-state index contributed by atoms with van der Waals surface area (Å²) in [6, 6.07) is 11.7. The number of nitrogens with zero attached hydrogens (tertiary/aromatic N) is 3. The molecule has 2 heterocycles. The summed E-state index contributed by atoms with van der Waals surface area (Å²) in [5.74, 6) is -0.512. The first kappa shape index (κ1) is 23.1. The topological polar surface area (TPSA) is 94.2 Å². The first-order valence-electron chi connectivity index (χ1n) is 10.5. The fraction of sp³-hybridized carbons (Fsp3) is 0.250. The summed E-state index contributed by atoms with van der Waals surface area (Å²) < 4.78 is 30.3. The van der Waals surface area contributed by atoms with Gasteiger partial charge in [-0.25, -0.2) is 12.4 Å². The maximum Gasteiger partial charge on any atom is 0.303 e. The van der Waals surface area contributed by atoms with E-state index in [4.69, 9.17) is 16.7 Å². The Morgan fingerprint density at radius 3 is 2.64 bits per heavy atom. The summed E-state index contributed by atoms with van der Waals surface area (Å²) >= 11 is 6.13. The number of carboxylic acid groups (broad SMARTS) is 1. The molecule has 2 aromatic heterocycles. The Morgan fingerprint density at radius 1 is 1.12 bits per heavy atom. The molecule has 0 saturated heterocycles. The van der Waals surface area contributed by atoms with Crippen molar-refractivity contribution in [1.29, 1.82) is 0 Å². The van der Waals surface area contributed by atoms with Gasteiger partial charge in [-0.1, -0.05) is 37.6 Å². The molecule has 0 saturated carbocycles. The molecule has 1 N–H and O–H groups in total. The minimum Gasteiger partial charge on any atom is -0.481 e. The number of hydrogen-bond acceptors (Lipinski definition) is 4. The van der Waals surface area contributed by atoms with Gasteiger partial charge in [-0.2, -0.15) is 5.10 Å². The number of aryl methyl sites for hydroxylation is 1. The minimum atomic E-state index is -3.94. The molecular weight excluding hydrogens is 462 g/mol. The third kappa shape index (κ3) is 4.82. The van der Waals surface area contributed by atoms with Crippen LogP contribution in [0, 0.1) is 5.92 Å². The monoisotopic (exact) mass is 485 g/mol. The van der Waals surface area contributed by atoms with Crippen molar-refractivity contribution >= 4 is 38.5 Å². The van der Waals surface area contributed by atoms with E-state index >= 15 is 0 Å². The van der Waals surface area contributed by atoms with E-state index in [0.29, 0.717) is 27.4 Å². The Labute approximate surface area is 197 Å². The van der Waals surface area contributed by atoms with Gasteiger partial charge < -0.3 is 5.11 Å². The Balaban J connectivity index is 1.77. The van der Waals surface area contributed by atoms with E-state index in [1.807, 2.05) is 16.9 Å². The van der Waals surface area contributed by atoms with Gasteiger partial charge in [0, 0.05) is 41.3 Å². The van der Waals surface area contributed by atoms with Crippen molar-refractivity contribution in [3.8, 4) is 11.1 Å². The van der Waals surface area contributed by atoms with Gasteiger partial charge in [-0.3, -0.25) is 9.48 Å². The largest absolute Gasteiger partial charge is 0.481 e. The second-order valence-electron chi connectivity index (χ2n) is 8.38. The van der Waals surface area contributed by atoms with Crippen molar-refractivity contribution in [1.82, 2.24) is 13.8 Å². The van der Waals surface area contributed by atoms with E-state index in [1.165, 1.54) is 10.2 Å². The van der Waals surface area contributed by atoms with Crippen LogP contribution < -0.4 is 0 Å². The van der Waals surface area contributed by atoms with E-state index in [9.17, 15) is 13.2 Å². The lowest BCUT2D eigenvalue weighted by Crippen LogP contribution is -2.12. The predicted molar refractivity (Wildman–Crippen MR) is 128 cm³/mol. The average molecular weight is 486 g/mol. The molecule has 0 aliphatic rings. The van der Waals surface area contributed by atoms with Gasteiger partial charge >= 0.3 is 5.97 Å². The number of aliphatic carboxylic acids is 1. The van der Waals surface area contributed by atoms with Crippen LogP contribution in [0.15, 0.2) is 66.0 Å². The molecule has 7 nitrogen and oxygen atoms in total. The number of carbonyl (C=O) groups is 1. The summed E-state index contributed by atoms with van der Waals surface area (Å²) in [5.41, 5.74) is 2.65. The Morgan fingerprint density at radius 2 is 1.91 bits per heavy atom. The lowest BCUT2D eigenvalue weighted by atomic mass is 10.1. The molecule has 33 heavy (non-hydrogen) atoms. The third-order valence-corrected chi connectivity index (χ3v) is 7.24. The highest BCUT2D eigenvalue weighted by atomic mass is 35.5. The summed E-state index contributed by atoms with van der Waals surface area (Å²) in [6.45, 7) is 4.98. The third-order valence-electron chi connectivity index (χ3n) is 5.33. The van der Waals surface area contributed by atoms with Gasteiger partial charge in [-0.15, -0.1) is 0 Å². The molecule has 0 spiro atoms. The van der Waals surface area contributed by atoms with Crippen LogP contribution in [-0.2, 0) is 27.8 Å². The minimum absolute atomic E-state index is 0.110. The highest BCUT2D eigenvalue weighted by Crippen LogP contribution is 2.30. The molecule has 2 aromatic carbocycles. The van der Waals surface area contributed by atoms with E-state index in [2.05, 4.69) is 18.9 Å². The lowest BCUT2D eigenvalue weighted by Gasteiger charge is -2.09. The number of rotatable bonds is 8. The van der Waals surface area contributed by atoms with E-state index in [0.717, 1.165) is 17.7 Å². The van der Waals surface area contributed by atoms with Crippen molar-refractivity contribution in [3.63, 3.8) is 0 Å². The quantitative estimate of drug-likeness (QED) is 0.376. The Hall–Kier alpha value is -3.10. The molecule has 0 aliphatic carbocycles. The van der Waals surface area contributed by atoms with E-state index in [-0.39, 0.29) is 17.7 Å². The van der Waals surface area contributed by atoms with Gasteiger partial charge in [0.25, 0.3) is 10.0 Å². The van der Waals surface area contributed by atoms with Crippen molar-refractivity contribution in [2.24, 2.45) is 5.92 Å². The maximum absolute atomic E-state index is 13.6. The average Bonchev–Trinajstić information content (AvgIpc) is 3.36. The normalized spacial score (nSPS) is 12.0. The molecule has 9 heteroatoms. The second kappa shape index (κ2) is 9.03. The van der Waals surface area contributed by atoms with Crippen molar-refractivity contribution in [2.45, 2.75) is 38.1 Å². The summed E-state index contributed by atoms with van der Waals surface area (Å²) in [7, 11) is -3.94. The van der Waals surface area contributed by atoms with Crippen molar-refractivity contribution in [3.05, 3.63) is 71.6 Å². The number of fused-ring (bicyclic) bond motifs is 1. The van der Waals surface area contributed by atoms with Crippen LogP contribution in [0.4, 0.5) is 0 Å². The summed E-state index contributed by atoms with van der Waals surface area (Å²) in [4.78, 5) is 11.2. The van der Waals surface area contributed by atoms with Crippen molar-refractivity contribution in [2.75, 3.05) is 0 Å². The molecular formula is C24H24ClN3O4S. The SMILES string of the molecule is CC(C)Cn1cc(-c2cccc(S(=O)(=O)n3cc(CCC(=O)O)c4cc(Cl)ccc43)c2)cn1. The molecule has 4 aromatic rings. The fourth-order valence-corrected chi connectivity index (χ4v) is 5.42. The number of aromatic nitrogens is 3. The molecule has 0 amide bonds. The van der Waals surface area contributed by atoms with Gasteiger partial charge in [0.2, 0.25) is 0 Å². The highest BCUT2D eigenvalue weighted by molar-refractivity contribution is 7.90. The molecule has 0 aliphatic heterocycles. The summed E-state index contributed by atoms with van der Waals surface area (Å²) in [6.07, 6.45) is 5.21. The molecule has 0 radical (unpaired) electrons. The standard InChI is InChI=1S/C24H24ClN3O4S/c1-16(2)13-27-14-19(12-26-27)17-4-3-5-21(10-17)33(31,32)28-15-18(6-9-24(29)30)22-11-20(25)7-8-23(22)28/h3-5,7-8,10-12,14-16H,6,9,13H2,1-2H3,(H,29,30). The molecule has 0 fully saturated rings. The van der Waals surface area contributed by atoms with Crippen LogP contribution in [0.1, 0.15) is 25.8 Å². The van der Waals surface area contributed by atoms with Gasteiger partial charge in [-0.05, 0) is 53.8 Å². The van der Waals surface area contributed by atoms with E-state index in [1.54, 1.807) is 42.6 Å². The van der Waals surface area contributed by atoms with Crippen LogP contribution in [-0.4, -0.2) is 33.2 Å². The molecule has 0 atom stereocenters. The van der Waals surface area contributed by atoms with Gasteiger partial charge in [0.1, 0.15) is 0 Å². The zero-order chi connectivity index (χ0) is 23.8. The molecule has 0 unspecified atom stereocenters. The smallest absolute Gasteiger partial charge is 0.303 e. The summed E-state index contributed by atoms with van der Waals surface area (Å²) in [5, 5.41) is 14.5. The van der Waals surface area contributed by atoms with Crippen LogP contribution in [0.3, 0.4) is 0 Å². The van der Waals surface area contributed by atoms with Crippen LogP contribution in [0.2, 0.25) is 5.02 Å². The van der Waals surface area contributed by atoms with Crippen LogP contribution in [0.5, 0.6) is 0 Å². The molecule has 0 bridgehead atoms. The zero-order valence-electron chi connectivity index (χ0n) is 18.3. The van der Waals surface area contributed by atoms with Gasteiger partial charge in [0.15, 0.2) is 0 Å². The van der Waals surface area contributed by atoms with Crippen LogP contribution in [0.25, 0.3) is 22.0 Å². The Kier molecular flexibility index (Phi) is 6.32. The highest BCUT2D eigenvalue weighted by Gasteiger charge is 2.22.